The second-order valence-electron chi connectivity index (χ2n) is 5.99. The highest BCUT2D eigenvalue weighted by molar-refractivity contribution is 5.83. The Morgan fingerprint density at radius 2 is 1.79 bits per heavy atom. The van der Waals surface area contributed by atoms with Gasteiger partial charge in [0.1, 0.15) is 0 Å². The van der Waals surface area contributed by atoms with E-state index in [4.69, 9.17) is 5.11 Å². The first-order chi connectivity index (χ1) is 8.73. The maximum atomic E-state index is 13.2. The number of rotatable bonds is 2. The van der Waals surface area contributed by atoms with Crippen LogP contribution in [0, 0.1) is 11.3 Å². The zero-order valence-corrected chi connectivity index (χ0v) is 11.0. The summed E-state index contributed by atoms with van der Waals surface area (Å²) in [5, 5.41) is 8.92. The smallest absolute Gasteiger partial charge is 0.308 e. The van der Waals surface area contributed by atoms with Crippen LogP contribution in [0.2, 0.25) is 0 Å². The first-order valence-electron chi connectivity index (χ1n) is 6.64. The molecule has 0 aromatic rings. The summed E-state index contributed by atoms with van der Waals surface area (Å²) in [4.78, 5) is 24.8. The van der Waals surface area contributed by atoms with Gasteiger partial charge in [0.15, 0.2) is 0 Å². The monoisotopic (exact) mass is 275 g/mol. The molecule has 0 aromatic carbocycles. The predicted molar refractivity (Wildman–Crippen MR) is 63.8 cm³/mol. The van der Waals surface area contributed by atoms with Gasteiger partial charge < -0.3 is 10.0 Å². The summed E-state index contributed by atoms with van der Waals surface area (Å²) in [5.41, 5.74) is -0.755. The molecule has 1 amide bonds. The van der Waals surface area contributed by atoms with E-state index in [0.29, 0.717) is 13.0 Å². The fraction of sp³-hybridized carbons (Fsp3) is 0.846. The fourth-order valence-corrected chi connectivity index (χ4v) is 2.91. The number of likely N-dealkylation sites (tertiary alicyclic amines) is 1. The van der Waals surface area contributed by atoms with E-state index in [0.717, 1.165) is 0 Å². The Kier molecular flexibility index (Phi) is 3.53. The van der Waals surface area contributed by atoms with Crippen molar-refractivity contribution >= 4 is 11.9 Å². The Morgan fingerprint density at radius 3 is 2.26 bits per heavy atom. The zero-order valence-electron chi connectivity index (χ0n) is 11.0. The lowest BCUT2D eigenvalue weighted by molar-refractivity contribution is -0.148. The summed E-state index contributed by atoms with van der Waals surface area (Å²) in [7, 11) is 0. The van der Waals surface area contributed by atoms with E-state index in [2.05, 4.69) is 0 Å². The van der Waals surface area contributed by atoms with Crippen LogP contribution in [0.4, 0.5) is 8.78 Å². The van der Waals surface area contributed by atoms with Crippen LogP contribution in [0.15, 0.2) is 0 Å². The predicted octanol–water partition coefficient (Wildman–Crippen LogP) is 2.14. The van der Waals surface area contributed by atoms with Crippen molar-refractivity contribution in [2.45, 2.75) is 45.0 Å². The first-order valence-corrected chi connectivity index (χ1v) is 6.64. The topological polar surface area (TPSA) is 57.6 Å². The molecule has 1 saturated carbocycles. The molecule has 4 nitrogen and oxygen atoms in total. The number of carboxylic acid groups (broad SMARTS) is 1. The molecule has 1 N–H and O–H groups in total. The van der Waals surface area contributed by atoms with Gasteiger partial charge in [0.05, 0.1) is 5.92 Å². The van der Waals surface area contributed by atoms with Crippen LogP contribution in [0.3, 0.4) is 0 Å². The van der Waals surface area contributed by atoms with Crippen LogP contribution < -0.4 is 0 Å². The number of aliphatic carboxylic acids is 1. The molecule has 1 unspecified atom stereocenters. The summed E-state index contributed by atoms with van der Waals surface area (Å²) in [6, 6.07) is 0. The molecule has 0 spiro atoms. The van der Waals surface area contributed by atoms with Gasteiger partial charge in [-0.05, 0) is 19.3 Å². The van der Waals surface area contributed by atoms with Crippen molar-refractivity contribution in [2.75, 3.05) is 13.1 Å². The van der Waals surface area contributed by atoms with Gasteiger partial charge in [-0.3, -0.25) is 9.59 Å². The number of hydrogen-bond donors (Lipinski definition) is 1. The Bertz CT molecular complexity index is 387. The lowest BCUT2D eigenvalue weighted by Gasteiger charge is -2.38. The molecular formula is C13H19F2NO3. The van der Waals surface area contributed by atoms with Gasteiger partial charge in [0, 0.05) is 31.3 Å². The van der Waals surface area contributed by atoms with Crippen molar-refractivity contribution in [1.29, 1.82) is 0 Å². The van der Waals surface area contributed by atoms with Crippen LogP contribution in [0.5, 0.6) is 0 Å². The fourth-order valence-electron chi connectivity index (χ4n) is 2.91. The number of nitrogens with zero attached hydrogens (tertiary/aromatic N) is 1. The molecule has 2 rings (SSSR count). The standard InChI is InChI=1S/C13H19F2NO3/c1-12(3-5-13(14,15)6-4-12)11(19)16-7-2-9(8-16)10(17)18/h9H,2-8H2,1H3,(H,17,18). The summed E-state index contributed by atoms with van der Waals surface area (Å²) in [6.45, 7) is 2.35. The molecule has 19 heavy (non-hydrogen) atoms. The van der Waals surface area contributed by atoms with Crippen molar-refractivity contribution in [3.05, 3.63) is 0 Å². The Hall–Kier alpha value is -1.20. The van der Waals surface area contributed by atoms with E-state index in [1.165, 1.54) is 4.90 Å². The van der Waals surface area contributed by atoms with Crippen molar-refractivity contribution in [1.82, 2.24) is 4.90 Å². The number of halogens is 2. The molecule has 6 heteroatoms. The minimum atomic E-state index is -2.66. The molecular weight excluding hydrogens is 256 g/mol. The minimum Gasteiger partial charge on any atom is -0.481 e. The highest BCUT2D eigenvalue weighted by Crippen LogP contribution is 2.44. The van der Waals surface area contributed by atoms with E-state index in [9.17, 15) is 18.4 Å². The van der Waals surface area contributed by atoms with Crippen molar-refractivity contribution in [3.63, 3.8) is 0 Å². The normalized spacial score (nSPS) is 29.2. The molecule has 2 aliphatic rings. The third kappa shape index (κ3) is 2.87. The number of amides is 1. The summed E-state index contributed by atoms with van der Waals surface area (Å²) >= 11 is 0. The summed E-state index contributed by atoms with van der Waals surface area (Å²) in [6.07, 6.45) is 0.282. The highest BCUT2D eigenvalue weighted by atomic mass is 19.3. The van der Waals surface area contributed by atoms with E-state index >= 15 is 0 Å². The van der Waals surface area contributed by atoms with E-state index in [1.54, 1.807) is 6.92 Å². The van der Waals surface area contributed by atoms with Crippen LogP contribution >= 0.6 is 0 Å². The van der Waals surface area contributed by atoms with Gasteiger partial charge in [0.25, 0.3) is 0 Å². The second kappa shape index (κ2) is 4.72. The van der Waals surface area contributed by atoms with Crippen LogP contribution in [0.1, 0.15) is 39.0 Å². The molecule has 1 atom stereocenters. The highest BCUT2D eigenvalue weighted by Gasteiger charge is 2.47. The third-order valence-electron chi connectivity index (χ3n) is 4.43. The quantitative estimate of drug-likeness (QED) is 0.840. The average Bonchev–Trinajstić information content (AvgIpc) is 2.82. The number of carboxylic acids is 1. The van der Waals surface area contributed by atoms with E-state index in [-0.39, 0.29) is 38.1 Å². The molecule has 2 fully saturated rings. The maximum Gasteiger partial charge on any atom is 0.308 e. The largest absolute Gasteiger partial charge is 0.481 e. The van der Waals surface area contributed by atoms with E-state index < -0.39 is 23.2 Å². The number of hydrogen-bond acceptors (Lipinski definition) is 2. The number of carbonyl (C=O) groups is 2. The van der Waals surface area contributed by atoms with Crippen molar-refractivity contribution in [2.24, 2.45) is 11.3 Å². The molecule has 1 heterocycles. The molecule has 108 valence electrons. The minimum absolute atomic E-state index is 0.160. The Labute approximate surface area is 110 Å². The Morgan fingerprint density at radius 1 is 1.21 bits per heavy atom. The third-order valence-corrected chi connectivity index (χ3v) is 4.43. The second-order valence-corrected chi connectivity index (χ2v) is 5.99. The van der Waals surface area contributed by atoms with Gasteiger partial charge in [0.2, 0.25) is 11.8 Å². The van der Waals surface area contributed by atoms with Crippen LogP contribution in [0.25, 0.3) is 0 Å². The number of alkyl halides is 2. The van der Waals surface area contributed by atoms with Crippen molar-refractivity contribution < 1.29 is 23.5 Å². The average molecular weight is 275 g/mol. The summed E-state index contributed by atoms with van der Waals surface area (Å²) < 4.78 is 26.3. The van der Waals surface area contributed by atoms with Crippen LogP contribution in [-0.4, -0.2) is 40.9 Å². The Balaban J connectivity index is 1.99. The van der Waals surface area contributed by atoms with Gasteiger partial charge in [-0.15, -0.1) is 0 Å². The number of carbonyl (C=O) groups excluding carboxylic acids is 1. The maximum absolute atomic E-state index is 13.2. The van der Waals surface area contributed by atoms with Gasteiger partial charge >= 0.3 is 5.97 Å². The summed E-state index contributed by atoms with van der Waals surface area (Å²) in [5.74, 6) is -4.23. The van der Waals surface area contributed by atoms with Gasteiger partial charge in [-0.25, -0.2) is 8.78 Å². The zero-order chi connectivity index (χ0) is 14.3. The lowest BCUT2D eigenvalue weighted by atomic mass is 9.73. The van der Waals surface area contributed by atoms with Crippen LogP contribution in [-0.2, 0) is 9.59 Å². The molecule has 1 saturated heterocycles. The molecule has 0 aromatic heterocycles. The SMILES string of the molecule is CC1(C(=O)N2CCC(C(=O)O)C2)CCC(F)(F)CC1. The first kappa shape index (κ1) is 14.2. The van der Waals surface area contributed by atoms with Gasteiger partial charge in [-0.1, -0.05) is 6.92 Å². The van der Waals surface area contributed by atoms with Crippen molar-refractivity contribution in [3.8, 4) is 0 Å². The molecule has 0 radical (unpaired) electrons. The molecule has 1 aliphatic heterocycles. The van der Waals surface area contributed by atoms with Gasteiger partial charge in [-0.2, -0.15) is 0 Å². The van der Waals surface area contributed by atoms with E-state index in [1.807, 2.05) is 0 Å². The molecule has 0 bridgehead atoms. The lowest BCUT2D eigenvalue weighted by Crippen LogP contribution is -2.45. The molecule has 1 aliphatic carbocycles.